The first-order valence-corrected chi connectivity index (χ1v) is 5.62. The second-order valence-electron chi connectivity index (χ2n) is 3.34. The molecule has 0 fully saturated rings. The standard InChI is InChI=1S/C8H11N3O2S/c9-8-2-1-6-4-11(14(10,12)13)5-7(6)3-8/h1-3H,4-5,9H2,(H2,10,12,13). The Morgan fingerprint density at radius 2 is 1.86 bits per heavy atom. The lowest BCUT2D eigenvalue weighted by molar-refractivity contribution is 0.432. The molecule has 0 amide bonds. The van der Waals surface area contributed by atoms with Crippen LogP contribution >= 0.6 is 0 Å². The van der Waals surface area contributed by atoms with Gasteiger partial charge in [-0.1, -0.05) is 6.07 Å². The number of rotatable bonds is 1. The first-order chi connectivity index (χ1) is 6.47. The summed E-state index contributed by atoms with van der Waals surface area (Å²) in [6.45, 7) is 0.660. The molecule has 0 aliphatic carbocycles. The van der Waals surface area contributed by atoms with Gasteiger partial charge in [0.2, 0.25) is 0 Å². The Morgan fingerprint density at radius 1 is 1.21 bits per heavy atom. The van der Waals surface area contributed by atoms with E-state index in [9.17, 15) is 8.42 Å². The molecule has 6 heteroatoms. The Hall–Kier alpha value is -1.11. The van der Waals surface area contributed by atoms with E-state index in [1.54, 1.807) is 12.1 Å². The molecule has 14 heavy (non-hydrogen) atoms. The molecule has 1 heterocycles. The SMILES string of the molecule is Nc1ccc2c(c1)CN(S(N)(=O)=O)C2. The summed E-state index contributed by atoms with van der Waals surface area (Å²) in [5.41, 5.74) is 8.12. The number of anilines is 1. The molecule has 0 radical (unpaired) electrons. The molecule has 76 valence electrons. The van der Waals surface area contributed by atoms with Crippen molar-refractivity contribution in [2.75, 3.05) is 5.73 Å². The van der Waals surface area contributed by atoms with E-state index in [0.29, 0.717) is 18.8 Å². The van der Waals surface area contributed by atoms with Gasteiger partial charge < -0.3 is 5.73 Å². The van der Waals surface area contributed by atoms with Gasteiger partial charge in [0.1, 0.15) is 0 Å². The minimum absolute atomic E-state index is 0.319. The minimum Gasteiger partial charge on any atom is -0.399 e. The fraction of sp³-hybridized carbons (Fsp3) is 0.250. The highest BCUT2D eigenvalue weighted by atomic mass is 32.2. The van der Waals surface area contributed by atoms with Crippen molar-refractivity contribution in [1.82, 2.24) is 4.31 Å². The summed E-state index contributed by atoms with van der Waals surface area (Å²) in [5, 5.41) is 5.03. The summed E-state index contributed by atoms with van der Waals surface area (Å²) in [7, 11) is -3.59. The second-order valence-corrected chi connectivity index (χ2v) is 4.89. The van der Waals surface area contributed by atoms with Crippen LogP contribution in [0.2, 0.25) is 0 Å². The zero-order valence-corrected chi connectivity index (χ0v) is 8.29. The largest absolute Gasteiger partial charge is 0.399 e. The van der Waals surface area contributed by atoms with E-state index in [1.165, 1.54) is 4.31 Å². The van der Waals surface area contributed by atoms with E-state index >= 15 is 0 Å². The van der Waals surface area contributed by atoms with Crippen molar-refractivity contribution >= 4 is 15.9 Å². The highest BCUT2D eigenvalue weighted by molar-refractivity contribution is 7.86. The smallest absolute Gasteiger partial charge is 0.277 e. The molecular weight excluding hydrogens is 202 g/mol. The number of hydrogen-bond donors (Lipinski definition) is 2. The van der Waals surface area contributed by atoms with E-state index in [1.807, 2.05) is 6.07 Å². The van der Waals surface area contributed by atoms with Crippen LogP contribution in [0.5, 0.6) is 0 Å². The maximum atomic E-state index is 11.1. The van der Waals surface area contributed by atoms with Crippen LogP contribution in [-0.2, 0) is 23.3 Å². The summed E-state index contributed by atoms with van der Waals surface area (Å²) < 4.78 is 23.3. The molecule has 2 rings (SSSR count). The lowest BCUT2D eigenvalue weighted by atomic mass is 10.1. The number of nitrogen functional groups attached to an aromatic ring is 1. The van der Waals surface area contributed by atoms with E-state index in [0.717, 1.165) is 11.1 Å². The van der Waals surface area contributed by atoms with Crippen molar-refractivity contribution < 1.29 is 8.42 Å². The Kier molecular flexibility index (Phi) is 1.99. The third kappa shape index (κ3) is 1.59. The molecule has 4 N–H and O–H groups in total. The van der Waals surface area contributed by atoms with Gasteiger partial charge in [0, 0.05) is 18.8 Å². The Bertz CT molecular complexity index is 469. The van der Waals surface area contributed by atoms with Crippen LogP contribution in [0.1, 0.15) is 11.1 Å². The van der Waals surface area contributed by atoms with Crippen LogP contribution in [-0.4, -0.2) is 12.7 Å². The molecule has 1 aromatic rings. The van der Waals surface area contributed by atoms with Crippen molar-refractivity contribution in [3.63, 3.8) is 0 Å². The average molecular weight is 213 g/mol. The molecule has 0 atom stereocenters. The Labute approximate surface area is 82.5 Å². The number of hydrogen-bond acceptors (Lipinski definition) is 3. The molecule has 0 aromatic heterocycles. The molecule has 1 aromatic carbocycles. The summed E-state index contributed by atoms with van der Waals surface area (Å²) in [4.78, 5) is 0. The quantitative estimate of drug-likeness (QED) is 0.632. The minimum atomic E-state index is -3.59. The average Bonchev–Trinajstić information content (AvgIpc) is 2.45. The number of nitrogens with zero attached hydrogens (tertiary/aromatic N) is 1. The lowest BCUT2D eigenvalue weighted by Gasteiger charge is -2.09. The Balaban J connectivity index is 2.35. The Morgan fingerprint density at radius 3 is 2.50 bits per heavy atom. The first kappa shape index (κ1) is 9.45. The van der Waals surface area contributed by atoms with Gasteiger partial charge in [-0.15, -0.1) is 0 Å². The van der Waals surface area contributed by atoms with Crippen molar-refractivity contribution in [3.05, 3.63) is 29.3 Å². The van der Waals surface area contributed by atoms with Crippen LogP contribution in [0.4, 0.5) is 5.69 Å². The highest BCUT2D eigenvalue weighted by Gasteiger charge is 2.26. The molecule has 1 aliphatic rings. The maximum Gasteiger partial charge on any atom is 0.277 e. The normalized spacial score (nSPS) is 16.9. The summed E-state index contributed by atoms with van der Waals surface area (Å²) in [6.07, 6.45) is 0. The highest BCUT2D eigenvalue weighted by Crippen LogP contribution is 2.25. The predicted octanol–water partition coefficient (Wildman–Crippen LogP) is -0.212. The van der Waals surface area contributed by atoms with E-state index in [2.05, 4.69) is 0 Å². The van der Waals surface area contributed by atoms with Crippen LogP contribution in [0.25, 0.3) is 0 Å². The number of benzene rings is 1. The fourth-order valence-corrected chi connectivity index (χ4v) is 2.20. The maximum absolute atomic E-state index is 11.1. The first-order valence-electron chi connectivity index (χ1n) is 4.12. The van der Waals surface area contributed by atoms with Crippen LogP contribution < -0.4 is 10.9 Å². The van der Waals surface area contributed by atoms with Gasteiger partial charge in [0.05, 0.1) is 0 Å². The monoisotopic (exact) mass is 213 g/mol. The van der Waals surface area contributed by atoms with Gasteiger partial charge in [-0.3, -0.25) is 0 Å². The third-order valence-electron chi connectivity index (χ3n) is 2.28. The van der Waals surface area contributed by atoms with Crippen molar-refractivity contribution in [1.29, 1.82) is 0 Å². The predicted molar refractivity (Wildman–Crippen MR) is 53.2 cm³/mol. The molecule has 0 unspecified atom stereocenters. The summed E-state index contributed by atoms with van der Waals surface area (Å²) in [6, 6.07) is 5.36. The van der Waals surface area contributed by atoms with Crippen molar-refractivity contribution in [2.45, 2.75) is 13.1 Å². The van der Waals surface area contributed by atoms with E-state index in [-0.39, 0.29) is 0 Å². The molecule has 0 bridgehead atoms. The van der Waals surface area contributed by atoms with E-state index in [4.69, 9.17) is 10.9 Å². The zero-order chi connectivity index (χ0) is 10.3. The molecule has 0 saturated carbocycles. The van der Waals surface area contributed by atoms with Gasteiger partial charge in [0.25, 0.3) is 10.2 Å². The second kappa shape index (κ2) is 2.94. The molecule has 1 aliphatic heterocycles. The summed E-state index contributed by atoms with van der Waals surface area (Å²) >= 11 is 0. The molecule has 0 spiro atoms. The molecule has 5 nitrogen and oxygen atoms in total. The van der Waals surface area contributed by atoms with E-state index < -0.39 is 10.2 Å². The molecule has 0 saturated heterocycles. The number of fused-ring (bicyclic) bond motifs is 1. The third-order valence-corrected chi connectivity index (χ3v) is 3.26. The van der Waals surface area contributed by atoms with Gasteiger partial charge in [-0.25, -0.2) is 5.14 Å². The summed E-state index contributed by atoms with van der Waals surface area (Å²) in [5.74, 6) is 0. The topological polar surface area (TPSA) is 89.4 Å². The lowest BCUT2D eigenvalue weighted by Crippen LogP contribution is -2.32. The van der Waals surface area contributed by atoms with Crippen molar-refractivity contribution in [2.24, 2.45) is 5.14 Å². The van der Waals surface area contributed by atoms with Gasteiger partial charge in [0.15, 0.2) is 0 Å². The van der Waals surface area contributed by atoms with Crippen LogP contribution in [0, 0.1) is 0 Å². The molecular formula is C8H11N3O2S. The fourth-order valence-electron chi connectivity index (χ4n) is 1.56. The van der Waals surface area contributed by atoms with Crippen LogP contribution in [0.3, 0.4) is 0 Å². The van der Waals surface area contributed by atoms with Crippen LogP contribution in [0.15, 0.2) is 18.2 Å². The van der Waals surface area contributed by atoms with Gasteiger partial charge in [-0.2, -0.15) is 12.7 Å². The van der Waals surface area contributed by atoms with Crippen molar-refractivity contribution in [3.8, 4) is 0 Å². The zero-order valence-electron chi connectivity index (χ0n) is 7.47. The van der Waals surface area contributed by atoms with Gasteiger partial charge >= 0.3 is 0 Å². The number of nitrogens with two attached hydrogens (primary N) is 2. The van der Waals surface area contributed by atoms with Gasteiger partial charge in [-0.05, 0) is 23.3 Å².